The van der Waals surface area contributed by atoms with E-state index in [2.05, 4.69) is 5.16 Å². The molecule has 114 valence electrons. The van der Waals surface area contributed by atoms with Crippen molar-refractivity contribution in [3.05, 3.63) is 17.0 Å². The monoisotopic (exact) mass is 282 g/mol. The molecule has 1 atom stereocenters. The maximum absolute atomic E-state index is 12.3. The second-order valence-corrected chi connectivity index (χ2v) is 6.06. The molecule has 0 fully saturated rings. The first-order chi connectivity index (χ1) is 9.15. The molecule has 0 aromatic carbocycles. The van der Waals surface area contributed by atoms with E-state index in [1.165, 1.54) is 0 Å². The molecule has 0 bridgehead atoms. The van der Waals surface area contributed by atoms with Crippen molar-refractivity contribution in [2.45, 2.75) is 59.5 Å². The first-order valence-corrected chi connectivity index (χ1v) is 7.08. The van der Waals surface area contributed by atoms with Crippen molar-refractivity contribution in [1.82, 2.24) is 10.1 Å². The lowest BCUT2D eigenvalue weighted by atomic mass is 9.95. The van der Waals surface area contributed by atoms with Crippen molar-refractivity contribution >= 4 is 5.91 Å². The SMILES string of the molecule is CCN(CC(C)(C)O)C(=O)CC(C)c1c(C)noc1C. The van der Waals surface area contributed by atoms with Gasteiger partial charge < -0.3 is 14.5 Å². The number of aryl methyl sites for hydroxylation is 2. The van der Waals surface area contributed by atoms with Gasteiger partial charge in [-0.15, -0.1) is 0 Å². The molecular weight excluding hydrogens is 256 g/mol. The molecule has 20 heavy (non-hydrogen) atoms. The number of hydrogen-bond donors (Lipinski definition) is 1. The maximum atomic E-state index is 12.3. The Bertz CT molecular complexity index is 441. The molecule has 0 aliphatic rings. The van der Waals surface area contributed by atoms with E-state index in [-0.39, 0.29) is 11.8 Å². The van der Waals surface area contributed by atoms with Crippen LogP contribution in [0.15, 0.2) is 4.52 Å². The molecule has 1 aromatic heterocycles. The summed E-state index contributed by atoms with van der Waals surface area (Å²) >= 11 is 0. The maximum Gasteiger partial charge on any atom is 0.223 e. The topological polar surface area (TPSA) is 66.6 Å². The first kappa shape index (κ1) is 16.7. The zero-order valence-corrected chi connectivity index (χ0v) is 13.4. The van der Waals surface area contributed by atoms with Gasteiger partial charge in [-0.1, -0.05) is 12.1 Å². The lowest BCUT2D eigenvalue weighted by molar-refractivity contribution is -0.134. The van der Waals surface area contributed by atoms with Crippen LogP contribution in [0.5, 0.6) is 0 Å². The van der Waals surface area contributed by atoms with Gasteiger partial charge in [0.25, 0.3) is 0 Å². The standard InChI is InChI=1S/C15H26N2O3/c1-7-17(9-15(5,6)19)13(18)8-10(2)14-11(3)16-20-12(14)4/h10,19H,7-9H2,1-6H3. The summed E-state index contributed by atoms with van der Waals surface area (Å²) in [7, 11) is 0. The third-order valence-corrected chi connectivity index (χ3v) is 3.37. The van der Waals surface area contributed by atoms with E-state index in [0.717, 1.165) is 17.0 Å². The fourth-order valence-corrected chi connectivity index (χ4v) is 2.53. The summed E-state index contributed by atoms with van der Waals surface area (Å²) in [5.74, 6) is 0.875. The van der Waals surface area contributed by atoms with Crippen LogP contribution in [0.1, 0.15) is 57.1 Å². The van der Waals surface area contributed by atoms with Crippen molar-refractivity contribution in [3.63, 3.8) is 0 Å². The zero-order valence-electron chi connectivity index (χ0n) is 13.4. The third-order valence-electron chi connectivity index (χ3n) is 3.37. The van der Waals surface area contributed by atoms with Crippen LogP contribution in [-0.2, 0) is 4.79 Å². The van der Waals surface area contributed by atoms with Crippen LogP contribution >= 0.6 is 0 Å². The van der Waals surface area contributed by atoms with Crippen LogP contribution in [0.4, 0.5) is 0 Å². The molecular formula is C15H26N2O3. The van der Waals surface area contributed by atoms with Crippen LogP contribution in [0, 0.1) is 13.8 Å². The van der Waals surface area contributed by atoms with Crippen LogP contribution in [-0.4, -0.2) is 39.8 Å². The van der Waals surface area contributed by atoms with Crippen LogP contribution in [0.2, 0.25) is 0 Å². The van der Waals surface area contributed by atoms with Gasteiger partial charge in [-0.25, -0.2) is 0 Å². The summed E-state index contributed by atoms with van der Waals surface area (Å²) in [6.07, 6.45) is 0.396. The fraction of sp³-hybridized carbons (Fsp3) is 0.733. The van der Waals surface area contributed by atoms with Gasteiger partial charge in [0, 0.05) is 25.1 Å². The van der Waals surface area contributed by atoms with Crippen molar-refractivity contribution in [3.8, 4) is 0 Å². The second kappa shape index (κ2) is 6.39. The van der Waals surface area contributed by atoms with E-state index in [4.69, 9.17) is 4.52 Å². The summed E-state index contributed by atoms with van der Waals surface area (Å²) < 4.78 is 5.15. The van der Waals surface area contributed by atoms with Gasteiger partial charge in [0.15, 0.2) is 0 Å². The number of amides is 1. The van der Waals surface area contributed by atoms with Crippen molar-refractivity contribution in [1.29, 1.82) is 0 Å². The highest BCUT2D eigenvalue weighted by Gasteiger charge is 2.25. The highest BCUT2D eigenvalue weighted by Crippen LogP contribution is 2.26. The fourth-order valence-electron chi connectivity index (χ4n) is 2.53. The minimum atomic E-state index is -0.877. The molecule has 1 heterocycles. The zero-order chi connectivity index (χ0) is 15.5. The van der Waals surface area contributed by atoms with Gasteiger partial charge in [-0.3, -0.25) is 4.79 Å². The first-order valence-electron chi connectivity index (χ1n) is 7.08. The predicted molar refractivity (Wildman–Crippen MR) is 77.6 cm³/mol. The highest BCUT2D eigenvalue weighted by molar-refractivity contribution is 5.77. The average molecular weight is 282 g/mol. The summed E-state index contributed by atoms with van der Waals surface area (Å²) in [5, 5.41) is 13.8. The van der Waals surface area contributed by atoms with E-state index < -0.39 is 5.60 Å². The van der Waals surface area contributed by atoms with Crippen LogP contribution in [0.25, 0.3) is 0 Å². The Balaban J connectivity index is 2.74. The number of aromatic nitrogens is 1. The summed E-state index contributed by atoms with van der Waals surface area (Å²) in [5.41, 5.74) is 0.976. The number of aliphatic hydroxyl groups is 1. The number of carbonyl (C=O) groups excluding carboxylic acids is 1. The molecule has 5 heteroatoms. The van der Waals surface area contributed by atoms with Gasteiger partial charge in [0.2, 0.25) is 5.91 Å². The Kier molecular flexibility index (Phi) is 5.34. The summed E-state index contributed by atoms with van der Waals surface area (Å²) in [6.45, 7) is 12.0. The predicted octanol–water partition coefficient (Wildman–Crippen LogP) is 2.40. The molecule has 1 unspecified atom stereocenters. The normalized spacial score (nSPS) is 13.3. The Morgan fingerprint density at radius 1 is 1.45 bits per heavy atom. The van der Waals surface area contributed by atoms with Crippen molar-refractivity contribution < 1.29 is 14.4 Å². The Labute approximate surface area is 120 Å². The molecule has 1 aromatic rings. The molecule has 0 saturated carbocycles. The van der Waals surface area contributed by atoms with E-state index >= 15 is 0 Å². The van der Waals surface area contributed by atoms with Gasteiger partial charge in [-0.05, 0) is 40.5 Å². The number of likely N-dealkylation sites (N-methyl/N-ethyl adjacent to an activating group) is 1. The number of carbonyl (C=O) groups is 1. The molecule has 1 amide bonds. The minimum absolute atomic E-state index is 0.0436. The lowest BCUT2D eigenvalue weighted by Gasteiger charge is -2.29. The molecule has 0 aliphatic heterocycles. The number of hydrogen-bond acceptors (Lipinski definition) is 4. The minimum Gasteiger partial charge on any atom is -0.389 e. The summed E-state index contributed by atoms with van der Waals surface area (Å²) in [4.78, 5) is 14.0. The lowest BCUT2D eigenvalue weighted by Crippen LogP contribution is -2.42. The Morgan fingerprint density at radius 2 is 2.05 bits per heavy atom. The van der Waals surface area contributed by atoms with Gasteiger partial charge in [0.05, 0.1) is 11.3 Å². The molecule has 0 radical (unpaired) electrons. The van der Waals surface area contributed by atoms with Crippen molar-refractivity contribution in [2.24, 2.45) is 0 Å². The van der Waals surface area contributed by atoms with E-state index in [9.17, 15) is 9.90 Å². The smallest absolute Gasteiger partial charge is 0.223 e. The number of rotatable bonds is 6. The molecule has 0 aliphatic carbocycles. The Hall–Kier alpha value is -1.36. The van der Waals surface area contributed by atoms with E-state index in [1.807, 2.05) is 27.7 Å². The quantitative estimate of drug-likeness (QED) is 0.870. The van der Waals surface area contributed by atoms with E-state index in [0.29, 0.717) is 19.5 Å². The average Bonchev–Trinajstić information content (AvgIpc) is 2.64. The van der Waals surface area contributed by atoms with E-state index in [1.54, 1.807) is 18.7 Å². The molecule has 0 spiro atoms. The highest BCUT2D eigenvalue weighted by atomic mass is 16.5. The Morgan fingerprint density at radius 3 is 2.45 bits per heavy atom. The third kappa shape index (κ3) is 4.34. The van der Waals surface area contributed by atoms with Crippen molar-refractivity contribution in [2.75, 3.05) is 13.1 Å². The van der Waals surface area contributed by atoms with Crippen LogP contribution in [0.3, 0.4) is 0 Å². The molecule has 1 rings (SSSR count). The molecule has 0 saturated heterocycles. The molecule has 1 N–H and O–H groups in total. The summed E-state index contributed by atoms with van der Waals surface area (Å²) in [6, 6.07) is 0. The number of nitrogens with zero attached hydrogens (tertiary/aromatic N) is 2. The molecule has 5 nitrogen and oxygen atoms in total. The van der Waals surface area contributed by atoms with Gasteiger partial charge in [-0.2, -0.15) is 0 Å². The largest absolute Gasteiger partial charge is 0.389 e. The van der Waals surface area contributed by atoms with Gasteiger partial charge in [0.1, 0.15) is 5.76 Å². The second-order valence-electron chi connectivity index (χ2n) is 6.06. The van der Waals surface area contributed by atoms with Crippen LogP contribution < -0.4 is 0 Å². The van der Waals surface area contributed by atoms with Gasteiger partial charge >= 0.3 is 0 Å².